The van der Waals surface area contributed by atoms with Gasteiger partial charge in [0.25, 0.3) is 0 Å². The third-order valence-electron chi connectivity index (χ3n) is 4.45. The van der Waals surface area contributed by atoms with Gasteiger partial charge >= 0.3 is 0 Å². The number of hydrogen-bond acceptors (Lipinski definition) is 3. The van der Waals surface area contributed by atoms with Crippen LogP contribution in [0.15, 0.2) is 66.2 Å². The SMILES string of the molecule is COC12OC(c3ccccc3)CC1=CC(=O)c1ccccc12. The van der Waals surface area contributed by atoms with E-state index in [1.165, 1.54) is 0 Å². The van der Waals surface area contributed by atoms with E-state index in [0.29, 0.717) is 12.0 Å². The summed E-state index contributed by atoms with van der Waals surface area (Å²) in [6.07, 6.45) is 2.23. The number of ketones is 1. The number of methoxy groups -OCH3 is 1. The minimum Gasteiger partial charge on any atom is -0.346 e. The Bertz CT molecular complexity index is 763. The van der Waals surface area contributed by atoms with Gasteiger partial charge in [0, 0.05) is 30.2 Å². The molecule has 3 nitrogen and oxygen atoms in total. The lowest BCUT2D eigenvalue weighted by molar-refractivity contribution is -0.203. The van der Waals surface area contributed by atoms with Gasteiger partial charge in [-0.1, -0.05) is 54.6 Å². The topological polar surface area (TPSA) is 35.5 Å². The molecule has 2 aromatic carbocycles. The summed E-state index contributed by atoms with van der Waals surface area (Å²) in [5.74, 6) is -0.916. The summed E-state index contributed by atoms with van der Waals surface area (Å²) in [4.78, 5) is 12.3. The molecule has 1 fully saturated rings. The van der Waals surface area contributed by atoms with Gasteiger partial charge in [-0.05, 0) is 11.6 Å². The Balaban J connectivity index is 1.84. The van der Waals surface area contributed by atoms with Gasteiger partial charge < -0.3 is 9.47 Å². The van der Waals surface area contributed by atoms with E-state index in [2.05, 4.69) is 0 Å². The summed E-state index contributed by atoms with van der Waals surface area (Å²) < 4.78 is 12.1. The number of carbonyl (C=O) groups is 1. The molecule has 0 amide bonds. The molecule has 0 spiro atoms. The highest BCUT2D eigenvalue weighted by molar-refractivity contribution is 6.08. The summed E-state index contributed by atoms with van der Waals surface area (Å²) >= 11 is 0. The van der Waals surface area contributed by atoms with E-state index in [9.17, 15) is 4.79 Å². The summed E-state index contributed by atoms with van der Waals surface area (Å²) in [7, 11) is 1.63. The van der Waals surface area contributed by atoms with Gasteiger partial charge in [0.2, 0.25) is 5.79 Å². The maximum absolute atomic E-state index is 12.3. The average molecular weight is 292 g/mol. The molecule has 0 bridgehead atoms. The standard InChI is InChI=1S/C19H16O3/c1-21-19-14(11-17(20)15-9-5-6-10-16(15)19)12-18(22-19)13-7-3-2-4-8-13/h2-11,18H,12H2,1H3. The summed E-state index contributed by atoms with van der Waals surface area (Å²) in [6.45, 7) is 0. The second kappa shape index (κ2) is 4.90. The van der Waals surface area contributed by atoms with E-state index in [-0.39, 0.29) is 11.9 Å². The predicted molar refractivity (Wildman–Crippen MR) is 82.4 cm³/mol. The third kappa shape index (κ3) is 1.79. The molecule has 1 aliphatic carbocycles. The Kier molecular flexibility index (Phi) is 2.99. The molecule has 2 aromatic rings. The Morgan fingerprint density at radius 1 is 1.09 bits per heavy atom. The van der Waals surface area contributed by atoms with Crippen LogP contribution >= 0.6 is 0 Å². The predicted octanol–water partition coefficient (Wildman–Crippen LogP) is 3.77. The van der Waals surface area contributed by atoms with Crippen molar-refractivity contribution >= 4 is 5.78 Å². The molecule has 2 unspecified atom stereocenters. The molecule has 3 heteroatoms. The number of ether oxygens (including phenoxy) is 2. The van der Waals surface area contributed by atoms with Gasteiger partial charge in [0.05, 0.1) is 6.10 Å². The van der Waals surface area contributed by atoms with Crippen LogP contribution in [0, 0.1) is 0 Å². The zero-order valence-electron chi connectivity index (χ0n) is 12.3. The van der Waals surface area contributed by atoms with Crippen LogP contribution in [0.3, 0.4) is 0 Å². The average Bonchev–Trinajstić information content (AvgIpc) is 2.96. The Morgan fingerprint density at radius 3 is 2.59 bits per heavy atom. The van der Waals surface area contributed by atoms with E-state index in [1.54, 1.807) is 13.2 Å². The normalized spacial score (nSPS) is 26.3. The first-order valence-electron chi connectivity index (χ1n) is 7.37. The lowest BCUT2D eigenvalue weighted by Gasteiger charge is -2.33. The highest BCUT2D eigenvalue weighted by Crippen LogP contribution is 2.52. The second-order valence-electron chi connectivity index (χ2n) is 5.62. The van der Waals surface area contributed by atoms with Crippen LogP contribution in [0.5, 0.6) is 0 Å². The number of fused-ring (bicyclic) bond motifs is 3. The van der Waals surface area contributed by atoms with Crippen molar-refractivity contribution in [3.8, 4) is 0 Å². The molecule has 1 heterocycles. The van der Waals surface area contributed by atoms with Gasteiger partial charge in [0.1, 0.15) is 0 Å². The van der Waals surface area contributed by atoms with Gasteiger partial charge in [-0.3, -0.25) is 4.79 Å². The van der Waals surface area contributed by atoms with Crippen molar-refractivity contribution in [1.82, 2.24) is 0 Å². The van der Waals surface area contributed by atoms with Crippen molar-refractivity contribution in [3.63, 3.8) is 0 Å². The molecule has 1 saturated heterocycles. The minimum absolute atomic E-state index is 0.0237. The molecule has 0 saturated carbocycles. The number of carbonyl (C=O) groups excluding carboxylic acids is 1. The van der Waals surface area contributed by atoms with E-state index >= 15 is 0 Å². The fraction of sp³-hybridized carbons (Fsp3) is 0.211. The summed E-state index contributed by atoms with van der Waals surface area (Å²) in [5, 5.41) is 0. The molecule has 22 heavy (non-hydrogen) atoms. The van der Waals surface area contributed by atoms with Gasteiger partial charge in [-0.25, -0.2) is 0 Å². The van der Waals surface area contributed by atoms with Crippen molar-refractivity contribution in [3.05, 3.63) is 82.9 Å². The van der Waals surface area contributed by atoms with E-state index in [1.807, 2.05) is 54.6 Å². The Morgan fingerprint density at radius 2 is 1.82 bits per heavy atom. The first kappa shape index (κ1) is 13.4. The molecule has 2 aliphatic rings. The van der Waals surface area contributed by atoms with Crippen molar-refractivity contribution in [1.29, 1.82) is 0 Å². The van der Waals surface area contributed by atoms with Crippen LogP contribution in [0.25, 0.3) is 0 Å². The monoisotopic (exact) mass is 292 g/mol. The Hall–Kier alpha value is -2.23. The number of allylic oxidation sites excluding steroid dienone is 1. The van der Waals surface area contributed by atoms with Crippen molar-refractivity contribution in [2.75, 3.05) is 7.11 Å². The fourth-order valence-electron chi connectivity index (χ4n) is 3.41. The second-order valence-corrected chi connectivity index (χ2v) is 5.62. The maximum atomic E-state index is 12.3. The van der Waals surface area contributed by atoms with Gasteiger partial charge in [0.15, 0.2) is 5.78 Å². The highest BCUT2D eigenvalue weighted by atomic mass is 16.7. The molecule has 110 valence electrons. The van der Waals surface area contributed by atoms with Gasteiger partial charge in [-0.2, -0.15) is 0 Å². The summed E-state index contributed by atoms with van der Waals surface area (Å²) in [5.41, 5.74) is 3.45. The molecule has 0 N–H and O–H groups in total. The van der Waals surface area contributed by atoms with Crippen LogP contribution in [0.1, 0.15) is 34.0 Å². The molecule has 0 radical (unpaired) electrons. The molecular formula is C19H16O3. The quantitative estimate of drug-likeness (QED) is 0.845. The Labute approximate surface area is 129 Å². The summed E-state index contributed by atoms with van der Waals surface area (Å²) in [6, 6.07) is 17.6. The van der Waals surface area contributed by atoms with Crippen molar-refractivity contribution in [2.24, 2.45) is 0 Å². The van der Waals surface area contributed by atoms with Crippen LogP contribution in [0.4, 0.5) is 0 Å². The number of hydrogen-bond donors (Lipinski definition) is 0. The van der Waals surface area contributed by atoms with E-state index in [0.717, 1.165) is 16.7 Å². The first-order valence-corrected chi connectivity index (χ1v) is 7.37. The zero-order chi connectivity index (χ0) is 15.2. The van der Waals surface area contributed by atoms with E-state index in [4.69, 9.17) is 9.47 Å². The first-order chi connectivity index (χ1) is 10.7. The van der Waals surface area contributed by atoms with Crippen LogP contribution < -0.4 is 0 Å². The number of rotatable bonds is 2. The molecule has 4 rings (SSSR count). The fourth-order valence-corrected chi connectivity index (χ4v) is 3.41. The third-order valence-corrected chi connectivity index (χ3v) is 4.45. The molecular weight excluding hydrogens is 276 g/mol. The van der Waals surface area contributed by atoms with E-state index < -0.39 is 5.79 Å². The smallest absolute Gasteiger partial charge is 0.219 e. The van der Waals surface area contributed by atoms with Crippen LogP contribution in [-0.2, 0) is 15.3 Å². The zero-order valence-corrected chi connectivity index (χ0v) is 12.3. The number of benzene rings is 2. The molecule has 0 aromatic heterocycles. The van der Waals surface area contributed by atoms with Gasteiger partial charge in [-0.15, -0.1) is 0 Å². The lowest BCUT2D eigenvalue weighted by atomic mass is 9.84. The molecule has 1 aliphatic heterocycles. The van der Waals surface area contributed by atoms with Crippen molar-refractivity contribution < 1.29 is 14.3 Å². The molecule has 2 atom stereocenters. The van der Waals surface area contributed by atoms with Crippen LogP contribution in [0.2, 0.25) is 0 Å². The largest absolute Gasteiger partial charge is 0.346 e. The maximum Gasteiger partial charge on any atom is 0.219 e. The van der Waals surface area contributed by atoms with Crippen LogP contribution in [-0.4, -0.2) is 12.9 Å². The lowest BCUT2D eigenvalue weighted by Crippen LogP contribution is -2.34. The minimum atomic E-state index is -0.939. The highest BCUT2D eigenvalue weighted by Gasteiger charge is 2.50. The van der Waals surface area contributed by atoms with Crippen molar-refractivity contribution in [2.45, 2.75) is 18.3 Å².